The Morgan fingerprint density at radius 3 is 2.88 bits per heavy atom. The summed E-state index contributed by atoms with van der Waals surface area (Å²) < 4.78 is 5.65. The van der Waals surface area contributed by atoms with Crippen LogP contribution in [0.2, 0.25) is 0 Å². The second-order valence-corrected chi connectivity index (χ2v) is 6.55. The minimum Gasteiger partial charge on any atom is -0.494 e. The largest absolute Gasteiger partial charge is 0.494 e. The van der Waals surface area contributed by atoms with E-state index in [9.17, 15) is 9.90 Å². The maximum absolute atomic E-state index is 11.7. The Bertz CT molecular complexity index is 843. The Morgan fingerprint density at radius 2 is 2.08 bits per heavy atom. The van der Waals surface area contributed by atoms with Gasteiger partial charge in [0, 0.05) is 11.6 Å². The lowest BCUT2D eigenvalue weighted by molar-refractivity contribution is 0.0694. The average Bonchev–Trinajstić information content (AvgIpc) is 3.11. The van der Waals surface area contributed by atoms with E-state index in [4.69, 9.17) is 4.74 Å². The van der Waals surface area contributed by atoms with Crippen molar-refractivity contribution in [3.05, 3.63) is 71.3 Å². The van der Waals surface area contributed by atoms with Crippen LogP contribution in [0.3, 0.4) is 0 Å². The summed E-state index contributed by atoms with van der Waals surface area (Å²) >= 11 is 0. The van der Waals surface area contributed by atoms with Gasteiger partial charge in [0.2, 0.25) is 0 Å². The number of benzene rings is 2. The van der Waals surface area contributed by atoms with E-state index in [1.54, 1.807) is 12.1 Å². The highest BCUT2D eigenvalue weighted by Crippen LogP contribution is 2.50. The molecule has 0 spiro atoms. The highest BCUT2D eigenvalue weighted by atomic mass is 16.5. The number of anilines is 1. The summed E-state index contributed by atoms with van der Waals surface area (Å²) in [6.07, 6.45) is 5.39. The first-order chi connectivity index (χ1) is 12.2. The van der Waals surface area contributed by atoms with Crippen molar-refractivity contribution in [1.82, 2.24) is 0 Å². The number of rotatable bonds is 4. The van der Waals surface area contributed by atoms with Crippen LogP contribution in [0.4, 0.5) is 5.69 Å². The predicted octanol–water partition coefficient (Wildman–Crippen LogP) is 4.61. The molecule has 1 aliphatic heterocycles. The number of hydrogen-bond donors (Lipinski definition) is 2. The molecule has 0 aromatic heterocycles. The zero-order chi connectivity index (χ0) is 17.4. The second kappa shape index (κ2) is 6.28. The third-order valence-corrected chi connectivity index (χ3v) is 5.17. The molecule has 4 heteroatoms. The number of allylic oxidation sites excluding steroid dienone is 2. The Balaban J connectivity index is 1.77. The van der Waals surface area contributed by atoms with Gasteiger partial charge in [0.25, 0.3) is 0 Å². The summed E-state index contributed by atoms with van der Waals surface area (Å²) in [5.41, 5.74) is 3.52. The third-order valence-electron chi connectivity index (χ3n) is 5.17. The van der Waals surface area contributed by atoms with Crippen LogP contribution < -0.4 is 10.1 Å². The van der Waals surface area contributed by atoms with Crippen molar-refractivity contribution in [2.24, 2.45) is 5.92 Å². The first kappa shape index (κ1) is 15.8. The zero-order valence-electron chi connectivity index (χ0n) is 14.1. The van der Waals surface area contributed by atoms with E-state index in [0.717, 1.165) is 23.4 Å². The molecule has 2 N–H and O–H groups in total. The molecule has 2 aromatic rings. The van der Waals surface area contributed by atoms with Crippen LogP contribution in [0.25, 0.3) is 0 Å². The van der Waals surface area contributed by atoms with Crippen LogP contribution in [0.5, 0.6) is 5.75 Å². The number of carbonyl (C=O) groups is 1. The van der Waals surface area contributed by atoms with Crippen LogP contribution in [0.15, 0.2) is 54.6 Å². The lowest BCUT2D eigenvalue weighted by atomic mass is 9.76. The molecule has 4 nitrogen and oxygen atoms in total. The van der Waals surface area contributed by atoms with E-state index in [1.807, 2.05) is 31.2 Å². The molecule has 1 heterocycles. The predicted molar refractivity (Wildman–Crippen MR) is 97.4 cm³/mol. The summed E-state index contributed by atoms with van der Waals surface area (Å²) in [7, 11) is 0. The Hall–Kier alpha value is -2.75. The van der Waals surface area contributed by atoms with Crippen LogP contribution in [-0.4, -0.2) is 17.7 Å². The molecule has 0 saturated carbocycles. The van der Waals surface area contributed by atoms with Gasteiger partial charge < -0.3 is 15.2 Å². The average molecular weight is 335 g/mol. The molecule has 0 fully saturated rings. The van der Waals surface area contributed by atoms with E-state index in [1.165, 1.54) is 5.56 Å². The lowest BCUT2D eigenvalue weighted by Gasteiger charge is -2.38. The van der Waals surface area contributed by atoms with Crippen molar-refractivity contribution in [3.63, 3.8) is 0 Å². The summed E-state index contributed by atoms with van der Waals surface area (Å²) in [6.45, 7) is 2.62. The van der Waals surface area contributed by atoms with Gasteiger partial charge in [-0.05, 0) is 54.7 Å². The first-order valence-corrected chi connectivity index (χ1v) is 8.71. The fourth-order valence-electron chi connectivity index (χ4n) is 4.10. The van der Waals surface area contributed by atoms with Gasteiger partial charge in [-0.15, -0.1) is 0 Å². The van der Waals surface area contributed by atoms with Crippen molar-refractivity contribution in [2.45, 2.75) is 25.3 Å². The Labute approximate surface area is 147 Å². The van der Waals surface area contributed by atoms with Gasteiger partial charge in [-0.25, -0.2) is 4.79 Å². The molecule has 0 radical (unpaired) electrons. The van der Waals surface area contributed by atoms with Crippen molar-refractivity contribution in [3.8, 4) is 5.75 Å². The topological polar surface area (TPSA) is 58.6 Å². The molecule has 2 aliphatic rings. The smallest absolute Gasteiger partial charge is 0.336 e. The van der Waals surface area contributed by atoms with Crippen molar-refractivity contribution >= 4 is 11.7 Å². The molecule has 1 aliphatic carbocycles. The van der Waals surface area contributed by atoms with Gasteiger partial charge in [-0.1, -0.05) is 30.4 Å². The number of carboxylic acids is 1. The maximum atomic E-state index is 11.7. The number of carboxylic acid groups (broad SMARTS) is 1. The summed E-state index contributed by atoms with van der Waals surface area (Å²) in [6, 6.07) is 13.4. The van der Waals surface area contributed by atoms with E-state index in [-0.39, 0.29) is 12.0 Å². The number of hydrogen-bond acceptors (Lipinski definition) is 3. The summed E-state index contributed by atoms with van der Waals surface area (Å²) in [5, 5.41) is 13.2. The fourth-order valence-corrected chi connectivity index (χ4v) is 4.10. The SMILES string of the molecule is CCOc1ccc2c(c1)[C@@H]1C=CC[C@@H]1[C@@H](c1ccccc1C(=O)O)N2. The Morgan fingerprint density at radius 1 is 1.24 bits per heavy atom. The molecule has 128 valence electrons. The minimum atomic E-state index is -0.877. The number of ether oxygens (including phenoxy) is 1. The molecule has 0 saturated heterocycles. The maximum Gasteiger partial charge on any atom is 0.336 e. The first-order valence-electron chi connectivity index (χ1n) is 8.71. The standard InChI is InChI=1S/C21H21NO3/c1-2-25-13-10-11-19-18(12-13)14-8-5-9-15(14)20(22-19)16-6-3-4-7-17(16)21(23)24/h3-8,10-12,14-15,20,22H,2,9H2,1H3,(H,23,24)/t14-,15+,20+/m1/s1. The van der Waals surface area contributed by atoms with E-state index >= 15 is 0 Å². The fraction of sp³-hybridized carbons (Fsp3) is 0.286. The highest BCUT2D eigenvalue weighted by molar-refractivity contribution is 5.89. The summed E-state index contributed by atoms with van der Waals surface area (Å²) in [4.78, 5) is 11.7. The van der Waals surface area contributed by atoms with Crippen LogP contribution in [0, 0.1) is 5.92 Å². The van der Waals surface area contributed by atoms with Crippen molar-refractivity contribution < 1.29 is 14.6 Å². The summed E-state index contributed by atoms with van der Waals surface area (Å²) in [5.74, 6) is 0.595. The lowest BCUT2D eigenvalue weighted by Crippen LogP contribution is -2.30. The van der Waals surface area contributed by atoms with Crippen LogP contribution in [-0.2, 0) is 0 Å². The van der Waals surface area contributed by atoms with Gasteiger partial charge in [0.1, 0.15) is 5.75 Å². The molecule has 0 bridgehead atoms. The highest BCUT2D eigenvalue weighted by Gasteiger charge is 2.39. The molecular formula is C21H21NO3. The second-order valence-electron chi connectivity index (χ2n) is 6.55. The van der Waals surface area contributed by atoms with Crippen LogP contribution >= 0.6 is 0 Å². The Kier molecular flexibility index (Phi) is 3.96. The molecular weight excluding hydrogens is 314 g/mol. The number of nitrogens with one attached hydrogen (secondary N) is 1. The molecule has 25 heavy (non-hydrogen) atoms. The molecule has 2 aromatic carbocycles. The monoisotopic (exact) mass is 335 g/mol. The molecule has 3 atom stereocenters. The van der Waals surface area contributed by atoms with E-state index < -0.39 is 5.97 Å². The number of fused-ring (bicyclic) bond motifs is 3. The quantitative estimate of drug-likeness (QED) is 0.801. The molecule has 0 unspecified atom stereocenters. The van der Waals surface area contributed by atoms with Gasteiger partial charge in [0.15, 0.2) is 0 Å². The van der Waals surface area contributed by atoms with Gasteiger partial charge in [0.05, 0.1) is 18.2 Å². The van der Waals surface area contributed by atoms with Crippen molar-refractivity contribution in [1.29, 1.82) is 0 Å². The van der Waals surface area contributed by atoms with Gasteiger partial charge in [-0.3, -0.25) is 0 Å². The van der Waals surface area contributed by atoms with E-state index in [2.05, 4.69) is 23.5 Å². The zero-order valence-corrected chi connectivity index (χ0v) is 14.1. The minimum absolute atomic E-state index is 0.0160. The van der Waals surface area contributed by atoms with E-state index in [0.29, 0.717) is 18.1 Å². The molecule has 4 rings (SSSR count). The van der Waals surface area contributed by atoms with Gasteiger partial charge in [-0.2, -0.15) is 0 Å². The van der Waals surface area contributed by atoms with Crippen LogP contribution in [0.1, 0.15) is 46.8 Å². The molecule has 0 amide bonds. The van der Waals surface area contributed by atoms with Crippen molar-refractivity contribution in [2.75, 3.05) is 11.9 Å². The normalized spacial score (nSPS) is 23.5. The van der Waals surface area contributed by atoms with Gasteiger partial charge >= 0.3 is 5.97 Å². The third kappa shape index (κ3) is 2.68. The number of aromatic carboxylic acids is 1.